The maximum atomic E-state index is 14.6. The molecule has 3 aliphatic heterocycles. The summed E-state index contributed by atoms with van der Waals surface area (Å²) < 4.78 is 62.9. The Bertz CT molecular complexity index is 1910. The molecule has 296 valence electrons. The van der Waals surface area contributed by atoms with Crippen LogP contribution in [-0.2, 0) is 51.9 Å². The molecule has 2 aromatic heterocycles. The second-order valence-corrected chi connectivity index (χ2v) is 15.5. The van der Waals surface area contributed by atoms with E-state index in [0.29, 0.717) is 57.6 Å². The first kappa shape index (κ1) is 40.0. The molecule has 0 bridgehead atoms. The first-order chi connectivity index (χ1) is 26.4. The number of ether oxygens (including phenoxy) is 6. The Hall–Kier alpha value is -4.63. The van der Waals surface area contributed by atoms with Gasteiger partial charge in [-0.2, -0.15) is 15.4 Å². The minimum atomic E-state index is -4.59. The van der Waals surface area contributed by atoms with Gasteiger partial charge in [0.1, 0.15) is 42.4 Å². The molecule has 0 amide bonds. The van der Waals surface area contributed by atoms with Crippen LogP contribution in [0.15, 0.2) is 48.8 Å². The summed E-state index contributed by atoms with van der Waals surface area (Å²) >= 11 is 0. The van der Waals surface area contributed by atoms with Gasteiger partial charge >= 0.3 is 25.7 Å². The fraction of sp³-hybridized carbons (Fsp3) is 0.556. The maximum Gasteiger partial charge on any atom is 0.459 e. The van der Waals surface area contributed by atoms with Crippen LogP contribution in [0.5, 0.6) is 5.75 Å². The Morgan fingerprint density at radius 3 is 2.25 bits per heavy atom. The number of hydrogen-bond acceptors (Lipinski definition) is 16. The minimum Gasteiger partial charge on any atom is -0.462 e. The van der Waals surface area contributed by atoms with Gasteiger partial charge in [0.2, 0.25) is 5.60 Å². The Kier molecular flexibility index (Phi) is 12.7. The lowest BCUT2D eigenvalue weighted by Crippen LogP contribution is -2.51. The molecule has 19 heteroatoms. The van der Waals surface area contributed by atoms with Crippen molar-refractivity contribution in [3.05, 3.63) is 54.5 Å². The van der Waals surface area contributed by atoms with Crippen molar-refractivity contribution in [3.63, 3.8) is 0 Å². The molecule has 3 saturated heterocycles. The summed E-state index contributed by atoms with van der Waals surface area (Å²) in [6.45, 7) is 5.19. The van der Waals surface area contributed by atoms with E-state index in [2.05, 4.69) is 21.2 Å². The van der Waals surface area contributed by atoms with E-state index in [1.54, 1.807) is 44.2 Å². The van der Waals surface area contributed by atoms with Gasteiger partial charge in [-0.25, -0.2) is 14.1 Å². The predicted molar refractivity (Wildman–Crippen MR) is 191 cm³/mol. The first-order valence-electron chi connectivity index (χ1n) is 18.1. The zero-order chi connectivity index (χ0) is 39.2. The van der Waals surface area contributed by atoms with Crippen molar-refractivity contribution in [1.82, 2.24) is 19.7 Å². The summed E-state index contributed by atoms with van der Waals surface area (Å²) in [5.74, 6) is -2.93. The fourth-order valence-electron chi connectivity index (χ4n) is 6.56. The highest BCUT2D eigenvalue weighted by atomic mass is 31.2. The van der Waals surface area contributed by atoms with Gasteiger partial charge in [-0.15, -0.1) is 0 Å². The number of nitriles is 1. The van der Waals surface area contributed by atoms with Crippen LogP contribution in [0.4, 0.5) is 5.82 Å². The van der Waals surface area contributed by atoms with Gasteiger partial charge in [-0.3, -0.25) is 18.9 Å². The number of anilines is 1. The average molecular weight is 785 g/mol. The number of nitrogens with two attached hydrogens (primary N) is 1. The van der Waals surface area contributed by atoms with Gasteiger partial charge in [0, 0.05) is 26.4 Å². The summed E-state index contributed by atoms with van der Waals surface area (Å²) in [4.78, 5) is 44.6. The summed E-state index contributed by atoms with van der Waals surface area (Å²) in [6, 6.07) is 12.1. The number of rotatable bonds is 14. The summed E-state index contributed by atoms with van der Waals surface area (Å²) in [5, 5.41) is 18.0. The lowest BCUT2D eigenvalue weighted by Gasteiger charge is -2.32. The largest absolute Gasteiger partial charge is 0.462 e. The number of aromatic nitrogens is 3. The van der Waals surface area contributed by atoms with Crippen LogP contribution in [0.25, 0.3) is 5.52 Å². The number of fused-ring (bicyclic) bond motifs is 1. The molecule has 1 unspecified atom stereocenters. The molecule has 0 aliphatic carbocycles. The van der Waals surface area contributed by atoms with Gasteiger partial charge in [0.15, 0.2) is 18.0 Å². The quantitative estimate of drug-likeness (QED) is 0.135. The highest BCUT2D eigenvalue weighted by Gasteiger charge is 2.62. The van der Waals surface area contributed by atoms with E-state index >= 15 is 0 Å². The first-order valence-corrected chi connectivity index (χ1v) is 19.7. The standard InChI is InChI=1S/C36H45N6O12P/c1-22(2)50-33(43)23(3)41-55(46,54-26-7-5-4-6-8-26)49-20-36(19-37)31(52-35(45)25-13-17-48-18-14-25)30(51-34(44)24-11-15-47-16-12-24)29(53-36)27-9-10-28-32(38)39-21-40-42(27)28/h4-10,21-25,29-31H,11-18,20H2,1-3H3,(H,41,46)(H2,38,39,40)/t23?,29-,30-,31-,36+,55-/m0/s1. The van der Waals surface area contributed by atoms with Crippen LogP contribution in [-0.4, -0.2) is 95.5 Å². The Morgan fingerprint density at radius 1 is 1.00 bits per heavy atom. The summed E-state index contributed by atoms with van der Waals surface area (Å²) in [6.07, 6.45) is -2.16. The van der Waals surface area contributed by atoms with Gasteiger partial charge < -0.3 is 38.7 Å². The average Bonchev–Trinajstić information content (AvgIpc) is 3.74. The van der Waals surface area contributed by atoms with Crippen LogP contribution >= 0.6 is 7.75 Å². The number of nitrogen functional groups attached to an aromatic ring is 1. The Labute approximate surface area is 317 Å². The van der Waals surface area contributed by atoms with Crippen molar-refractivity contribution in [2.45, 2.75) is 82.5 Å². The minimum absolute atomic E-state index is 0.113. The van der Waals surface area contributed by atoms with E-state index in [1.165, 1.54) is 29.9 Å². The lowest BCUT2D eigenvalue weighted by molar-refractivity contribution is -0.177. The molecule has 3 fully saturated rings. The molecule has 0 saturated carbocycles. The van der Waals surface area contributed by atoms with Gasteiger partial charge in [0.05, 0.1) is 23.6 Å². The number of carbonyl (C=O) groups excluding carboxylic acids is 3. The number of para-hydroxylation sites is 1. The highest BCUT2D eigenvalue weighted by molar-refractivity contribution is 7.52. The van der Waals surface area contributed by atoms with Crippen molar-refractivity contribution < 1.29 is 56.4 Å². The molecule has 3 N–H and O–H groups in total. The van der Waals surface area contributed by atoms with E-state index in [4.69, 9.17) is 43.2 Å². The number of benzene rings is 1. The molecule has 18 nitrogen and oxygen atoms in total. The number of nitrogens with one attached hydrogen (secondary N) is 1. The van der Waals surface area contributed by atoms with Crippen molar-refractivity contribution in [2.24, 2.45) is 11.8 Å². The third-order valence-electron chi connectivity index (χ3n) is 9.47. The number of hydrogen-bond donors (Lipinski definition) is 2. The Balaban J connectivity index is 1.40. The van der Waals surface area contributed by atoms with Crippen molar-refractivity contribution in [2.75, 3.05) is 38.8 Å². The van der Waals surface area contributed by atoms with Gasteiger partial charge in [-0.05, 0) is 70.7 Å². The SMILES string of the molecule is CC(C)OC(=O)C(C)N[P@](=O)(OC[C@@]1(C#N)O[C@@H](c2ccc3c(N)ncnn23)[C@H](OC(=O)C2CCOCC2)[C@@H]1OC(=O)C1CCOCC1)Oc1ccccc1. The lowest BCUT2D eigenvalue weighted by atomic mass is 9.94. The molecular formula is C36H45N6O12P. The van der Waals surface area contributed by atoms with Gasteiger partial charge in [0.25, 0.3) is 0 Å². The monoisotopic (exact) mass is 784 g/mol. The van der Waals surface area contributed by atoms with Crippen molar-refractivity contribution >= 4 is 37.0 Å². The molecular weight excluding hydrogens is 739 g/mol. The smallest absolute Gasteiger partial charge is 0.459 e. The van der Waals surface area contributed by atoms with E-state index < -0.39 is 80.2 Å². The van der Waals surface area contributed by atoms with Gasteiger partial charge in [-0.1, -0.05) is 18.2 Å². The topological polar surface area (TPSA) is 234 Å². The summed E-state index contributed by atoms with van der Waals surface area (Å²) in [5.41, 5.74) is 4.53. The van der Waals surface area contributed by atoms with Crippen LogP contribution in [0.3, 0.4) is 0 Å². The normalized spacial score (nSPS) is 25.1. The van der Waals surface area contributed by atoms with Crippen LogP contribution in [0.1, 0.15) is 58.3 Å². The van der Waals surface area contributed by atoms with E-state index in [-0.39, 0.29) is 17.3 Å². The van der Waals surface area contributed by atoms with Crippen LogP contribution in [0.2, 0.25) is 0 Å². The molecule has 6 rings (SSSR count). The highest BCUT2D eigenvalue weighted by Crippen LogP contribution is 2.50. The molecule has 3 aliphatic rings. The second kappa shape index (κ2) is 17.4. The van der Waals surface area contributed by atoms with Crippen LogP contribution < -0.4 is 15.3 Å². The van der Waals surface area contributed by atoms with Crippen LogP contribution in [0, 0.1) is 23.2 Å². The zero-order valence-electron chi connectivity index (χ0n) is 30.7. The molecule has 5 heterocycles. The molecule has 0 radical (unpaired) electrons. The molecule has 1 aromatic carbocycles. The number of carbonyl (C=O) groups is 3. The third-order valence-corrected chi connectivity index (χ3v) is 11.1. The number of nitrogens with zero attached hydrogens (tertiary/aromatic N) is 4. The third kappa shape index (κ3) is 9.26. The molecule has 3 aromatic rings. The maximum absolute atomic E-state index is 14.6. The molecule has 0 spiro atoms. The van der Waals surface area contributed by atoms with E-state index in [9.17, 15) is 24.2 Å². The Morgan fingerprint density at radius 2 is 1.64 bits per heavy atom. The van der Waals surface area contributed by atoms with E-state index in [0.717, 1.165) is 0 Å². The molecule has 6 atom stereocenters. The van der Waals surface area contributed by atoms with Crippen molar-refractivity contribution in [1.29, 1.82) is 5.26 Å². The number of esters is 3. The molecule has 55 heavy (non-hydrogen) atoms. The predicted octanol–water partition coefficient (Wildman–Crippen LogP) is 3.46. The second-order valence-electron chi connectivity index (χ2n) is 13.8. The van der Waals surface area contributed by atoms with E-state index in [1.807, 2.05) is 0 Å². The fourth-order valence-corrected chi connectivity index (χ4v) is 8.08. The van der Waals surface area contributed by atoms with Crippen molar-refractivity contribution in [3.8, 4) is 11.8 Å². The zero-order valence-corrected chi connectivity index (χ0v) is 31.6. The summed E-state index contributed by atoms with van der Waals surface area (Å²) in [7, 11) is -4.59.